The monoisotopic (exact) mass is 351 g/mol. The molecule has 0 saturated carbocycles. The Labute approximate surface area is 150 Å². The Hall–Kier alpha value is -3.02. The van der Waals surface area contributed by atoms with E-state index >= 15 is 0 Å². The molecular weight excluding hydrogens is 333 g/mol. The van der Waals surface area contributed by atoms with Crippen molar-refractivity contribution in [1.82, 2.24) is 14.9 Å². The maximum atomic E-state index is 13.4. The van der Waals surface area contributed by atoms with Crippen molar-refractivity contribution >= 4 is 16.7 Å². The van der Waals surface area contributed by atoms with Crippen molar-refractivity contribution in [2.24, 2.45) is 0 Å². The summed E-state index contributed by atoms with van der Waals surface area (Å²) in [7, 11) is 0. The van der Waals surface area contributed by atoms with E-state index in [1.165, 1.54) is 12.1 Å². The topological polar surface area (TPSA) is 55.3 Å². The smallest absolute Gasteiger partial charge is 0.316 e. The van der Waals surface area contributed by atoms with Gasteiger partial charge in [-0.25, -0.2) is 14.4 Å². The number of rotatable bonds is 3. The Kier molecular flexibility index (Phi) is 4.48. The second kappa shape index (κ2) is 7.07. The molecule has 2 heterocycles. The first-order valence-corrected chi connectivity index (χ1v) is 8.62. The lowest BCUT2D eigenvalue weighted by Gasteiger charge is -2.32. The average Bonchev–Trinajstić information content (AvgIpc) is 2.68. The Morgan fingerprint density at radius 1 is 1.08 bits per heavy atom. The van der Waals surface area contributed by atoms with Gasteiger partial charge in [-0.2, -0.15) is 0 Å². The lowest BCUT2D eigenvalue weighted by atomic mass is 10.0. The lowest BCUT2D eigenvalue weighted by Crippen LogP contribution is -2.42. The van der Waals surface area contributed by atoms with Crippen molar-refractivity contribution < 1.29 is 13.9 Å². The highest BCUT2D eigenvalue weighted by molar-refractivity contribution is 6.07. The van der Waals surface area contributed by atoms with Gasteiger partial charge in [0.15, 0.2) is 0 Å². The number of benzene rings is 2. The maximum absolute atomic E-state index is 13.4. The Morgan fingerprint density at radius 2 is 1.85 bits per heavy atom. The molecule has 0 bridgehead atoms. The van der Waals surface area contributed by atoms with Gasteiger partial charge < -0.3 is 9.64 Å². The molecule has 0 unspecified atom stereocenters. The van der Waals surface area contributed by atoms with E-state index < -0.39 is 0 Å². The van der Waals surface area contributed by atoms with Crippen LogP contribution in [0.25, 0.3) is 10.8 Å². The van der Waals surface area contributed by atoms with Crippen molar-refractivity contribution in [3.63, 3.8) is 0 Å². The molecule has 1 fully saturated rings. The molecule has 0 atom stereocenters. The summed E-state index contributed by atoms with van der Waals surface area (Å²) < 4.78 is 19.2. The number of hydrogen-bond acceptors (Lipinski definition) is 4. The second-order valence-electron chi connectivity index (χ2n) is 6.31. The van der Waals surface area contributed by atoms with Gasteiger partial charge in [0.25, 0.3) is 5.91 Å². The predicted molar refractivity (Wildman–Crippen MR) is 95.5 cm³/mol. The maximum Gasteiger partial charge on any atom is 0.316 e. The highest BCUT2D eigenvalue weighted by atomic mass is 19.1. The molecule has 1 aliphatic heterocycles. The largest absolute Gasteiger partial charge is 0.460 e. The van der Waals surface area contributed by atoms with Crippen LogP contribution in [-0.4, -0.2) is 40.0 Å². The summed E-state index contributed by atoms with van der Waals surface area (Å²) >= 11 is 0. The quantitative estimate of drug-likeness (QED) is 0.725. The lowest BCUT2D eigenvalue weighted by molar-refractivity contribution is 0.0580. The number of piperidine rings is 1. The van der Waals surface area contributed by atoms with E-state index in [1.807, 2.05) is 11.0 Å². The SMILES string of the molecule is O=C(c1cccc2cc(F)ccc12)N1CCC(Oc2ncccn2)CC1. The van der Waals surface area contributed by atoms with Crippen LogP contribution in [-0.2, 0) is 0 Å². The van der Waals surface area contributed by atoms with Crippen LogP contribution >= 0.6 is 0 Å². The third-order valence-electron chi connectivity index (χ3n) is 4.62. The van der Waals surface area contributed by atoms with Crippen LogP contribution in [0.15, 0.2) is 54.9 Å². The number of aromatic nitrogens is 2. The van der Waals surface area contributed by atoms with Gasteiger partial charge in [-0.15, -0.1) is 0 Å². The zero-order valence-corrected chi connectivity index (χ0v) is 14.1. The zero-order chi connectivity index (χ0) is 17.9. The highest BCUT2D eigenvalue weighted by Crippen LogP contribution is 2.23. The zero-order valence-electron chi connectivity index (χ0n) is 14.1. The number of likely N-dealkylation sites (tertiary alicyclic amines) is 1. The van der Waals surface area contributed by atoms with Gasteiger partial charge in [0.2, 0.25) is 0 Å². The normalized spacial score (nSPS) is 15.2. The fourth-order valence-electron chi connectivity index (χ4n) is 3.28. The number of hydrogen-bond donors (Lipinski definition) is 0. The minimum absolute atomic E-state index is 0.00284. The van der Waals surface area contributed by atoms with Crippen molar-refractivity contribution in [3.8, 4) is 6.01 Å². The summed E-state index contributed by atoms with van der Waals surface area (Å²) in [5.41, 5.74) is 0.605. The molecular formula is C20H18FN3O2. The molecule has 1 aliphatic rings. The third-order valence-corrected chi connectivity index (χ3v) is 4.62. The van der Waals surface area contributed by atoms with Gasteiger partial charge >= 0.3 is 6.01 Å². The number of carbonyl (C=O) groups excluding carboxylic acids is 1. The molecule has 0 spiro atoms. The fraction of sp³-hybridized carbons (Fsp3) is 0.250. The van der Waals surface area contributed by atoms with Gasteiger partial charge in [0.1, 0.15) is 11.9 Å². The molecule has 0 radical (unpaired) electrons. The molecule has 3 aromatic rings. The van der Waals surface area contributed by atoms with E-state index in [0.717, 1.165) is 23.6 Å². The molecule has 4 rings (SSSR count). The molecule has 0 N–H and O–H groups in total. The minimum Gasteiger partial charge on any atom is -0.460 e. The summed E-state index contributed by atoms with van der Waals surface area (Å²) in [4.78, 5) is 22.9. The molecule has 5 nitrogen and oxygen atoms in total. The van der Waals surface area contributed by atoms with Crippen LogP contribution in [0.4, 0.5) is 4.39 Å². The first-order chi connectivity index (χ1) is 12.7. The predicted octanol–water partition coefficient (Wildman–Crippen LogP) is 3.45. The molecule has 1 saturated heterocycles. The number of ether oxygens (including phenoxy) is 1. The first-order valence-electron chi connectivity index (χ1n) is 8.62. The molecule has 6 heteroatoms. The van der Waals surface area contributed by atoms with Crippen LogP contribution in [0.5, 0.6) is 6.01 Å². The summed E-state index contributed by atoms with van der Waals surface area (Å²) in [6.07, 6.45) is 4.74. The highest BCUT2D eigenvalue weighted by Gasteiger charge is 2.26. The number of nitrogens with zero attached hydrogens (tertiary/aromatic N) is 3. The number of fused-ring (bicyclic) bond motifs is 1. The van der Waals surface area contributed by atoms with Gasteiger partial charge in [-0.05, 0) is 35.0 Å². The van der Waals surface area contributed by atoms with E-state index in [-0.39, 0.29) is 17.8 Å². The minimum atomic E-state index is -0.303. The van der Waals surface area contributed by atoms with Crippen molar-refractivity contribution in [2.75, 3.05) is 13.1 Å². The molecule has 0 aliphatic carbocycles. The summed E-state index contributed by atoms with van der Waals surface area (Å²) in [6, 6.07) is 12.0. The van der Waals surface area contributed by atoms with Crippen molar-refractivity contribution in [1.29, 1.82) is 0 Å². The molecule has 26 heavy (non-hydrogen) atoms. The average molecular weight is 351 g/mol. The van der Waals surface area contributed by atoms with Crippen molar-refractivity contribution in [2.45, 2.75) is 18.9 Å². The first kappa shape index (κ1) is 16.4. The molecule has 2 aromatic carbocycles. The second-order valence-corrected chi connectivity index (χ2v) is 6.31. The number of amides is 1. The van der Waals surface area contributed by atoms with Gasteiger partial charge in [0.05, 0.1) is 0 Å². The molecule has 1 amide bonds. The Balaban J connectivity index is 1.46. The summed E-state index contributed by atoms with van der Waals surface area (Å²) in [5.74, 6) is -0.334. The Morgan fingerprint density at radius 3 is 2.62 bits per heavy atom. The molecule has 1 aromatic heterocycles. The molecule has 132 valence electrons. The summed E-state index contributed by atoms with van der Waals surface area (Å²) in [5, 5.41) is 1.50. The van der Waals surface area contributed by atoms with Crippen LogP contribution < -0.4 is 4.74 Å². The van der Waals surface area contributed by atoms with Gasteiger partial charge in [-0.3, -0.25) is 4.79 Å². The van der Waals surface area contributed by atoms with E-state index in [1.54, 1.807) is 36.7 Å². The van der Waals surface area contributed by atoms with E-state index in [9.17, 15) is 9.18 Å². The van der Waals surface area contributed by atoms with Crippen LogP contribution in [0.3, 0.4) is 0 Å². The standard InChI is InChI=1S/C20H18FN3O2/c21-15-5-6-17-14(13-15)3-1-4-18(17)19(25)24-11-7-16(8-12-24)26-20-22-9-2-10-23-20/h1-6,9-10,13,16H,7-8,11-12H2. The fourth-order valence-corrected chi connectivity index (χ4v) is 3.28. The van der Waals surface area contributed by atoms with E-state index in [0.29, 0.717) is 24.7 Å². The van der Waals surface area contributed by atoms with E-state index in [4.69, 9.17) is 4.74 Å². The third kappa shape index (κ3) is 3.35. The van der Waals surface area contributed by atoms with Crippen LogP contribution in [0.2, 0.25) is 0 Å². The van der Waals surface area contributed by atoms with Crippen LogP contribution in [0, 0.1) is 5.82 Å². The van der Waals surface area contributed by atoms with Crippen LogP contribution in [0.1, 0.15) is 23.2 Å². The van der Waals surface area contributed by atoms with Gasteiger partial charge in [0, 0.05) is 43.9 Å². The van der Waals surface area contributed by atoms with Gasteiger partial charge in [-0.1, -0.05) is 18.2 Å². The van der Waals surface area contributed by atoms with E-state index in [2.05, 4.69) is 9.97 Å². The Bertz CT molecular complexity index is 925. The summed E-state index contributed by atoms with van der Waals surface area (Å²) in [6.45, 7) is 1.21. The number of halogens is 1. The number of carbonyl (C=O) groups is 1. The van der Waals surface area contributed by atoms with Crippen molar-refractivity contribution in [3.05, 3.63) is 66.2 Å².